The Kier molecular flexibility index (Phi) is 8.28. The predicted molar refractivity (Wildman–Crippen MR) is 154 cm³/mol. The molecule has 2 amide bonds. The van der Waals surface area contributed by atoms with Crippen LogP contribution in [0.25, 0.3) is 11.3 Å². The number of nitrogens with zero attached hydrogens (tertiary/aromatic N) is 5. The maximum atomic E-state index is 13.8. The molecule has 2 aliphatic rings. The Balaban J connectivity index is 1.38. The summed E-state index contributed by atoms with van der Waals surface area (Å²) in [4.78, 5) is 25.4. The van der Waals surface area contributed by atoms with Crippen molar-refractivity contribution in [2.24, 2.45) is 0 Å². The lowest BCUT2D eigenvalue weighted by Gasteiger charge is -2.42. The van der Waals surface area contributed by atoms with Crippen LogP contribution in [0.1, 0.15) is 56.5 Å². The molecule has 6 nitrogen and oxygen atoms in total. The molecule has 3 aromatic rings. The van der Waals surface area contributed by atoms with Crippen molar-refractivity contribution >= 4 is 6.03 Å². The van der Waals surface area contributed by atoms with Crippen LogP contribution >= 0.6 is 0 Å². The molecule has 2 fully saturated rings. The summed E-state index contributed by atoms with van der Waals surface area (Å²) in [7, 11) is 1.90. The van der Waals surface area contributed by atoms with Crippen LogP contribution in [-0.2, 0) is 6.54 Å². The number of hydrogen-bond acceptors (Lipinski definition) is 3. The fraction of sp³-hybridized carbons (Fsp3) is 0.438. The van der Waals surface area contributed by atoms with Gasteiger partial charge in [-0.2, -0.15) is 0 Å². The van der Waals surface area contributed by atoms with Crippen molar-refractivity contribution < 1.29 is 4.79 Å². The monoisotopic (exact) mass is 511 g/mol. The van der Waals surface area contributed by atoms with Crippen molar-refractivity contribution in [1.29, 1.82) is 0 Å². The number of rotatable bonds is 7. The lowest BCUT2D eigenvalue weighted by Crippen LogP contribution is -2.51. The molecule has 5 rings (SSSR count). The molecule has 6 heteroatoms. The van der Waals surface area contributed by atoms with Gasteiger partial charge in [-0.3, -0.25) is 0 Å². The van der Waals surface area contributed by atoms with Crippen molar-refractivity contribution in [3.8, 4) is 11.3 Å². The normalized spacial score (nSPS) is 17.8. The van der Waals surface area contributed by atoms with Crippen LogP contribution in [0.15, 0.2) is 79.0 Å². The van der Waals surface area contributed by atoms with Gasteiger partial charge in [0.2, 0.25) is 0 Å². The van der Waals surface area contributed by atoms with Gasteiger partial charge in [-0.25, -0.2) is 9.78 Å². The summed E-state index contributed by atoms with van der Waals surface area (Å²) >= 11 is 0. The summed E-state index contributed by atoms with van der Waals surface area (Å²) in [6, 6.07) is 21.0. The highest BCUT2D eigenvalue weighted by Crippen LogP contribution is 2.31. The van der Waals surface area contributed by atoms with Gasteiger partial charge >= 0.3 is 6.03 Å². The van der Waals surface area contributed by atoms with Gasteiger partial charge in [-0.1, -0.05) is 79.2 Å². The first-order valence-corrected chi connectivity index (χ1v) is 14.1. The zero-order valence-electron chi connectivity index (χ0n) is 22.9. The standard InChI is InChI=1S/C32H41N5O/c1-25(2)30(34(3)32(38)36-21-17-28(18-22-36)35-19-11-6-12-20-35)31-33-29(27-15-9-5-10-16-27)24-37(31)23-26-13-7-4-8-14-26/h4-5,7-10,13-16,24,28,30H,1,6,11-12,17-23H2,2-3H3/t30-/m1/s1. The van der Waals surface area contributed by atoms with Crippen molar-refractivity contribution in [2.45, 2.75) is 57.7 Å². The average Bonchev–Trinajstić information content (AvgIpc) is 3.37. The van der Waals surface area contributed by atoms with E-state index in [1.54, 1.807) is 0 Å². The molecule has 0 saturated carbocycles. The Hall–Kier alpha value is -3.38. The number of hydrogen-bond donors (Lipinski definition) is 0. The lowest BCUT2D eigenvalue weighted by molar-refractivity contribution is 0.0884. The van der Waals surface area contributed by atoms with Crippen LogP contribution in [0.2, 0.25) is 0 Å². The third-order valence-electron chi connectivity index (χ3n) is 8.12. The summed E-state index contributed by atoms with van der Waals surface area (Å²) < 4.78 is 2.18. The summed E-state index contributed by atoms with van der Waals surface area (Å²) in [5.41, 5.74) is 4.07. The maximum absolute atomic E-state index is 13.8. The second-order valence-electron chi connectivity index (χ2n) is 10.9. The van der Waals surface area contributed by atoms with Crippen LogP contribution < -0.4 is 0 Å². The number of likely N-dealkylation sites (tertiary alicyclic amines) is 2. The molecule has 2 saturated heterocycles. The quantitative estimate of drug-likeness (QED) is 0.354. The van der Waals surface area contributed by atoms with Crippen LogP contribution in [0.4, 0.5) is 4.79 Å². The summed E-state index contributed by atoms with van der Waals surface area (Å²) in [6.07, 6.45) is 8.19. The number of urea groups is 1. The number of carbonyl (C=O) groups excluding carboxylic acids is 1. The minimum absolute atomic E-state index is 0.0608. The summed E-state index contributed by atoms with van der Waals surface area (Å²) in [5, 5.41) is 0. The highest BCUT2D eigenvalue weighted by Gasteiger charge is 2.33. The number of amides is 2. The van der Waals surface area contributed by atoms with Gasteiger partial charge in [0.05, 0.1) is 5.69 Å². The van der Waals surface area contributed by atoms with Crippen molar-refractivity contribution in [3.05, 3.63) is 90.4 Å². The van der Waals surface area contributed by atoms with Gasteiger partial charge in [0.1, 0.15) is 11.9 Å². The molecular weight excluding hydrogens is 470 g/mol. The van der Waals surface area contributed by atoms with Gasteiger partial charge < -0.3 is 19.3 Å². The van der Waals surface area contributed by atoms with Crippen LogP contribution in [-0.4, -0.2) is 69.6 Å². The van der Waals surface area contributed by atoms with E-state index in [1.165, 1.54) is 37.9 Å². The number of benzene rings is 2. The fourth-order valence-corrected chi connectivity index (χ4v) is 6.07. The minimum Gasteiger partial charge on any atom is -0.328 e. The van der Waals surface area contributed by atoms with Gasteiger partial charge in [0.15, 0.2) is 0 Å². The largest absolute Gasteiger partial charge is 0.328 e. The Morgan fingerprint density at radius 3 is 2.24 bits per heavy atom. The topological polar surface area (TPSA) is 44.6 Å². The molecule has 2 aromatic carbocycles. The molecule has 0 unspecified atom stereocenters. The molecule has 2 aliphatic heterocycles. The van der Waals surface area contributed by atoms with E-state index in [9.17, 15) is 4.79 Å². The Morgan fingerprint density at radius 1 is 0.974 bits per heavy atom. The number of aromatic nitrogens is 2. The lowest BCUT2D eigenvalue weighted by atomic mass is 10.00. The molecule has 0 radical (unpaired) electrons. The van der Waals surface area contributed by atoms with Crippen molar-refractivity contribution in [2.75, 3.05) is 33.2 Å². The van der Waals surface area contributed by atoms with Gasteiger partial charge in [-0.05, 0) is 51.3 Å². The molecule has 0 aliphatic carbocycles. The fourth-order valence-electron chi connectivity index (χ4n) is 6.07. The molecule has 200 valence electrons. The van der Waals surface area contributed by atoms with E-state index in [-0.39, 0.29) is 12.1 Å². The average molecular weight is 512 g/mol. The van der Waals surface area contributed by atoms with Crippen molar-refractivity contribution in [1.82, 2.24) is 24.3 Å². The Morgan fingerprint density at radius 2 is 1.61 bits per heavy atom. The van der Waals surface area contributed by atoms with Crippen LogP contribution in [0.5, 0.6) is 0 Å². The molecule has 38 heavy (non-hydrogen) atoms. The molecule has 0 spiro atoms. The summed E-state index contributed by atoms with van der Waals surface area (Å²) in [6.45, 7) is 11.0. The Labute approximate surface area is 227 Å². The van der Waals surface area contributed by atoms with Gasteiger partial charge in [0, 0.05) is 44.5 Å². The second kappa shape index (κ2) is 12.0. The van der Waals surface area contributed by atoms with Crippen LogP contribution in [0.3, 0.4) is 0 Å². The molecule has 1 aromatic heterocycles. The highest BCUT2D eigenvalue weighted by molar-refractivity contribution is 5.75. The van der Waals surface area contributed by atoms with E-state index in [4.69, 9.17) is 4.98 Å². The first kappa shape index (κ1) is 26.2. The third kappa shape index (κ3) is 5.86. The SMILES string of the molecule is C=C(C)[C@H](c1nc(-c2ccccc2)cn1Cc1ccccc1)N(C)C(=O)N1CCC(N2CCCCC2)CC1. The molecule has 3 heterocycles. The van der Waals surface area contributed by atoms with Gasteiger partial charge in [0.25, 0.3) is 0 Å². The zero-order chi connectivity index (χ0) is 26.5. The first-order valence-electron chi connectivity index (χ1n) is 14.1. The van der Waals surface area contributed by atoms with E-state index < -0.39 is 0 Å². The first-order chi connectivity index (χ1) is 18.5. The van der Waals surface area contributed by atoms with E-state index in [0.29, 0.717) is 12.6 Å². The number of likely N-dealkylation sites (N-methyl/N-ethyl adjacent to an activating group) is 1. The third-order valence-corrected chi connectivity index (χ3v) is 8.12. The van der Waals surface area contributed by atoms with E-state index in [0.717, 1.165) is 48.6 Å². The molecular formula is C32H41N5O. The number of piperidine rings is 2. The molecule has 0 N–H and O–H groups in total. The second-order valence-corrected chi connectivity index (χ2v) is 10.9. The van der Waals surface area contributed by atoms with E-state index in [1.807, 2.05) is 48.0 Å². The number of imidazole rings is 1. The van der Waals surface area contributed by atoms with E-state index >= 15 is 0 Å². The number of carbonyl (C=O) groups is 1. The smallest absolute Gasteiger partial charge is 0.320 e. The van der Waals surface area contributed by atoms with Crippen molar-refractivity contribution in [3.63, 3.8) is 0 Å². The summed E-state index contributed by atoms with van der Waals surface area (Å²) in [5.74, 6) is 0.847. The zero-order valence-corrected chi connectivity index (χ0v) is 22.9. The molecule has 0 bridgehead atoms. The maximum Gasteiger partial charge on any atom is 0.320 e. The van der Waals surface area contributed by atoms with Crippen LogP contribution in [0, 0.1) is 0 Å². The predicted octanol–water partition coefficient (Wildman–Crippen LogP) is 6.22. The molecule has 1 atom stereocenters. The Bertz CT molecular complexity index is 1210. The van der Waals surface area contributed by atoms with Gasteiger partial charge in [-0.15, -0.1) is 0 Å². The minimum atomic E-state index is -0.316. The highest BCUT2D eigenvalue weighted by atomic mass is 16.2. The van der Waals surface area contributed by atoms with E-state index in [2.05, 4.69) is 58.6 Å².